The lowest BCUT2D eigenvalue weighted by Gasteiger charge is -2.16. The molecule has 0 saturated heterocycles. The average molecular weight is 307 g/mol. The number of rotatable bonds is 5. The lowest BCUT2D eigenvalue weighted by atomic mass is 9.87. The van der Waals surface area contributed by atoms with Crippen LogP contribution < -0.4 is 0 Å². The van der Waals surface area contributed by atoms with Crippen molar-refractivity contribution in [1.82, 2.24) is 4.57 Å². The average Bonchev–Trinajstić information content (AvgIpc) is 2.91. The Morgan fingerprint density at radius 3 is 2.65 bits per heavy atom. The van der Waals surface area contributed by atoms with Crippen LogP contribution in [0.5, 0.6) is 0 Å². The van der Waals surface area contributed by atoms with Gasteiger partial charge in [0, 0.05) is 29.6 Å². The molecule has 0 fully saturated rings. The van der Waals surface area contributed by atoms with Gasteiger partial charge in [-0.25, -0.2) is 0 Å². The van der Waals surface area contributed by atoms with Crippen molar-refractivity contribution >= 4 is 16.9 Å². The van der Waals surface area contributed by atoms with E-state index in [1.54, 1.807) is 0 Å². The van der Waals surface area contributed by atoms with Crippen LogP contribution in [0.3, 0.4) is 0 Å². The molecule has 2 aromatic carbocycles. The fraction of sp³-hybridized carbons (Fsp3) is 0.250. The maximum atomic E-state index is 11.4. The van der Waals surface area contributed by atoms with E-state index in [0.29, 0.717) is 0 Å². The van der Waals surface area contributed by atoms with E-state index in [2.05, 4.69) is 35.9 Å². The summed E-state index contributed by atoms with van der Waals surface area (Å²) in [4.78, 5) is 11.4. The van der Waals surface area contributed by atoms with E-state index in [1.807, 2.05) is 37.3 Å². The molecule has 0 saturated carbocycles. The predicted molar refractivity (Wildman–Crippen MR) is 92.9 cm³/mol. The monoisotopic (exact) mass is 307 g/mol. The van der Waals surface area contributed by atoms with Crippen LogP contribution in [-0.2, 0) is 11.3 Å². The smallest absolute Gasteiger partial charge is 0.304 e. The number of nitrogens with zero attached hydrogens (tertiary/aromatic N) is 1. The van der Waals surface area contributed by atoms with Gasteiger partial charge in [0.2, 0.25) is 0 Å². The standard InChI is InChI=1S/C20H21NO2/c1-3-21-13-18(16-9-4-5-10-19(16)21)17(12-20(22)23)15-8-6-7-14(2)11-15/h4-11,13,17H,3,12H2,1-2H3,(H,22,23)/t17-/m1/s1. The third kappa shape index (κ3) is 3.00. The third-order valence-corrected chi connectivity index (χ3v) is 4.36. The molecule has 1 N–H and O–H groups in total. The topological polar surface area (TPSA) is 42.2 Å². The molecule has 23 heavy (non-hydrogen) atoms. The van der Waals surface area contributed by atoms with E-state index in [1.165, 1.54) is 0 Å². The zero-order valence-corrected chi connectivity index (χ0v) is 13.5. The highest BCUT2D eigenvalue weighted by molar-refractivity contribution is 5.86. The van der Waals surface area contributed by atoms with Crippen molar-refractivity contribution in [3.8, 4) is 0 Å². The number of fused-ring (bicyclic) bond motifs is 1. The maximum Gasteiger partial charge on any atom is 0.304 e. The first-order valence-electron chi connectivity index (χ1n) is 7.96. The number of hydrogen-bond acceptors (Lipinski definition) is 1. The molecule has 3 rings (SSSR count). The molecule has 0 unspecified atom stereocenters. The molecule has 0 bridgehead atoms. The van der Waals surface area contributed by atoms with E-state index >= 15 is 0 Å². The lowest BCUT2D eigenvalue weighted by molar-refractivity contribution is -0.137. The van der Waals surface area contributed by atoms with Crippen molar-refractivity contribution in [3.63, 3.8) is 0 Å². The fourth-order valence-corrected chi connectivity index (χ4v) is 3.28. The zero-order valence-electron chi connectivity index (χ0n) is 13.5. The van der Waals surface area contributed by atoms with E-state index in [0.717, 1.165) is 34.1 Å². The highest BCUT2D eigenvalue weighted by Gasteiger charge is 2.22. The van der Waals surface area contributed by atoms with Crippen LogP contribution >= 0.6 is 0 Å². The highest BCUT2D eigenvalue weighted by atomic mass is 16.4. The second kappa shape index (κ2) is 6.29. The van der Waals surface area contributed by atoms with Gasteiger partial charge in [0.1, 0.15) is 0 Å². The van der Waals surface area contributed by atoms with Crippen molar-refractivity contribution in [2.75, 3.05) is 0 Å². The highest BCUT2D eigenvalue weighted by Crippen LogP contribution is 2.35. The molecule has 0 aliphatic carbocycles. The Morgan fingerprint density at radius 1 is 1.17 bits per heavy atom. The number of para-hydroxylation sites is 1. The molecule has 0 amide bonds. The van der Waals surface area contributed by atoms with Crippen LogP contribution in [0.2, 0.25) is 0 Å². The third-order valence-electron chi connectivity index (χ3n) is 4.36. The molecule has 3 aromatic rings. The Hall–Kier alpha value is -2.55. The molecule has 1 aromatic heterocycles. The summed E-state index contributed by atoms with van der Waals surface area (Å²) < 4.78 is 2.19. The van der Waals surface area contributed by atoms with Gasteiger partial charge in [-0.05, 0) is 31.0 Å². The number of benzene rings is 2. The molecular formula is C20H21NO2. The van der Waals surface area contributed by atoms with Crippen molar-refractivity contribution in [2.45, 2.75) is 32.7 Å². The van der Waals surface area contributed by atoms with Gasteiger partial charge in [-0.15, -0.1) is 0 Å². The van der Waals surface area contributed by atoms with Crippen LogP contribution in [0.1, 0.15) is 36.0 Å². The second-order valence-electron chi connectivity index (χ2n) is 5.95. The van der Waals surface area contributed by atoms with Crippen LogP contribution in [0.4, 0.5) is 0 Å². The molecule has 0 aliphatic heterocycles. The molecule has 1 atom stereocenters. The van der Waals surface area contributed by atoms with Crippen LogP contribution in [0, 0.1) is 6.92 Å². The number of hydrogen-bond donors (Lipinski definition) is 1. The summed E-state index contributed by atoms with van der Waals surface area (Å²) in [6.07, 6.45) is 2.21. The van der Waals surface area contributed by atoms with Gasteiger partial charge in [0.15, 0.2) is 0 Å². The van der Waals surface area contributed by atoms with E-state index in [9.17, 15) is 9.90 Å². The van der Waals surface area contributed by atoms with Crippen LogP contribution in [0.25, 0.3) is 10.9 Å². The lowest BCUT2D eigenvalue weighted by Crippen LogP contribution is -2.08. The van der Waals surface area contributed by atoms with Gasteiger partial charge in [0.05, 0.1) is 6.42 Å². The van der Waals surface area contributed by atoms with Gasteiger partial charge in [-0.2, -0.15) is 0 Å². The quantitative estimate of drug-likeness (QED) is 0.750. The van der Waals surface area contributed by atoms with Crippen molar-refractivity contribution < 1.29 is 9.90 Å². The maximum absolute atomic E-state index is 11.4. The summed E-state index contributed by atoms with van der Waals surface area (Å²) in [5.74, 6) is -0.907. The summed E-state index contributed by atoms with van der Waals surface area (Å²) in [5.41, 5.74) is 4.46. The number of aryl methyl sites for hydroxylation is 2. The largest absolute Gasteiger partial charge is 0.481 e. The second-order valence-corrected chi connectivity index (χ2v) is 5.95. The number of aliphatic carboxylic acids is 1. The van der Waals surface area contributed by atoms with Crippen molar-refractivity contribution in [3.05, 3.63) is 71.4 Å². The number of carbonyl (C=O) groups is 1. The Labute approximate surface area is 136 Å². The first-order chi connectivity index (χ1) is 11.1. The van der Waals surface area contributed by atoms with E-state index in [-0.39, 0.29) is 12.3 Å². The predicted octanol–water partition coefficient (Wildman–Crippen LogP) is 4.58. The minimum atomic E-state index is -0.773. The summed E-state index contributed by atoms with van der Waals surface area (Å²) in [6, 6.07) is 16.4. The van der Waals surface area contributed by atoms with Crippen LogP contribution in [-0.4, -0.2) is 15.6 Å². The van der Waals surface area contributed by atoms with Crippen molar-refractivity contribution in [2.24, 2.45) is 0 Å². The molecule has 0 spiro atoms. The van der Waals surface area contributed by atoms with Gasteiger partial charge in [-0.1, -0.05) is 48.0 Å². The summed E-state index contributed by atoms with van der Waals surface area (Å²) >= 11 is 0. The molecular weight excluding hydrogens is 286 g/mol. The summed E-state index contributed by atoms with van der Waals surface area (Å²) in [5, 5.41) is 10.5. The number of carboxylic acids is 1. The van der Waals surface area contributed by atoms with E-state index < -0.39 is 5.97 Å². The van der Waals surface area contributed by atoms with Gasteiger partial charge in [0.25, 0.3) is 0 Å². The molecule has 118 valence electrons. The Kier molecular flexibility index (Phi) is 4.20. The molecule has 3 heteroatoms. The molecule has 0 aliphatic rings. The van der Waals surface area contributed by atoms with Gasteiger partial charge < -0.3 is 9.67 Å². The first kappa shape index (κ1) is 15.3. The number of carboxylic acid groups (broad SMARTS) is 1. The van der Waals surface area contributed by atoms with Gasteiger partial charge >= 0.3 is 5.97 Å². The van der Waals surface area contributed by atoms with Crippen molar-refractivity contribution in [1.29, 1.82) is 0 Å². The zero-order chi connectivity index (χ0) is 16.4. The SMILES string of the molecule is CCn1cc([C@H](CC(=O)O)c2cccc(C)c2)c2ccccc21. The summed E-state index contributed by atoms with van der Waals surface area (Å²) in [7, 11) is 0. The Bertz CT molecular complexity index is 848. The minimum Gasteiger partial charge on any atom is -0.481 e. The normalized spacial score (nSPS) is 12.4. The first-order valence-corrected chi connectivity index (χ1v) is 7.96. The van der Waals surface area contributed by atoms with Crippen LogP contribution in [0.15, 0.2) is 54.7 Å². The molecule has 0 radical (unpaired) electrons. The Balaban J connectivity index is 2.19. The Morgan fingerprint density at radius 2 is 1.96 bits per heavy atom. The summed E-state index contributed by atoms with van der Waals surface area (Å²) in [6.45, 7) is 5.01. The molecule has 3 nitrogen and oxygen atoms in total. The van der Waals surface area contributed by atoms with E-state index in [4.69, 9.17) is 0 Å². The fourth-order valence-electron chi connectivity index (χ4n) is 3.28. The number of aromatic nitrogens is 1. The minimum absolute atomic E-state index is 0.0984. The molecule has 1 heterocycles. The van der Waals surface area contributed by atoms with Gasteiger partial charge in [-0.3, -0.25) is 4.79 Å².